The Balaban J connectivity index is 1.85. The zero-order valence-corrected chi connectivity index (χ0v) is 28.3. The molecule has 1 unspecified atom stereocenters. The molecule has 0 aliphatic heterocycles. The number of halogens is 1. The number of sulfonamides is 1. The van der Waals surface area contributed by atoms with Gasteiger partial charge in [-0.3, -0.25) is 13.9 Å². The number of para-hydroxylation sites is 2. The number of hydrogen-bond donors (Lipinski definition) is 1. The molecule has 0 heterocycles. The summed E-state index contributed by atoms with van der Waals surface area (Å²) in [6.45, 7) is 6.88. The topological polar surface area (TPSA) is 96.0 Å². The molecule has 1 atom stereocenters. The van der Waals surface area contributed by atoms with E-state index in [1.54, 1.807) is 54.6 Å². The van der Waals surface area contributed by atoms with Gasteiger partial charge in [0, 0.05) is 23.5 Å². The average molecular weight is 662 g/mol. The number of benzene rings is 4. The van der Waals surface area contributed by atoms with Crippen LogP contribution in [0.15, 0.2) is 108 Å². The van der Waals surface area contributed by atoms with Crippen LogP contribution in [0.5, 0.6) is 5.75 Å². The van der Waals surface area contributed by atoms with Crippen LogP contribution in [0.25, 0.3) is 0 Å². The highest BCUT2D eigenvalue weighted by atomic mass is 35.5. The van der Waals surface area contributed by atoms with Crippen LogP contribution in [0.2, 0.25) is 5.02 Å². The molecule has 4 aromatic carbocycles. The Morgan fingerprint density at radius 1 is 0.870 bits per heavy atom. The maximum absolute atomic E-state index is 14.6. The summed E-state index contributed by atoms with van der Waals surface area (Å²) in [6, 6.07) is 28.5. The first-order valence-corrected chi connectivity index (χ1v) is 16.7. The van der Waals surface area contributed by atoms with Crippen molar-refractivity contribution >= 4 is 39.1 Å². The van der Waals surface area contributed by atoms with Gasteiger partial charge in [0.1, 0.15) is 18.3 Å². The van der Waals surface area contributed by atoms with Gasteiger partial charge in [0.25, 0.3) is 10.0 Å². The fraction of sp³-hybridized carbons (Fsp3) is 0.278. The standard InChI is InChI=1S/C36H40ClN3O5S/c1-26-18-20-30(21-19-26)46(43,44)40(31-16-9-10-17-33(31)45-5)25-34(41)39(24-28-14-11-15-29(37)22-28)32(35(42)38-36(2,3)4)23-27-12-7-6-8-13-27/h6-22,32H,23-25H2,1-5H3,(H,38,42). The average Bonchev–Trinajstić information content (AvgIpc) is 3.01. The van der Waals surface area contributed by atoms with Crippen molar-refractivity contribution in [3.05, 3.63) is 125 Å². The first-order chi connectivity index (χ1) is 21.8. The minimum atomic E-state index is -4.26. The summed E-state index contributed by atoms with van der Waals surface area (Å²) >= 11 is 6.32. The van der Waals surface area contributed by atoms with E-state index in [1.165, 1.54) is 24.1 Å². The third-order valence-electron chi connectivity index (χ3n) is 7.25. The molecular weight excluding hydrogens is 622 g/mol. The van der Waals surface area contributed by atoms with Crippen molar-refractivity contribution in [3.63, 3.8) is 0 Å². The molecule has 0 spiro atoms. The molecular formula is C36H40ClN3O5S. The zero-order chi connectivity index (χ0) is 33.5. The van der Waals surface area contributed by atoms with Gasteiger partial charge in [0.05, 0.1) is 17.7 Å². The van der Waals surface area contributed by atoms with E-state index in [0.717, 1.165) is 15.4 Å². The van der Waals surface area contributed by atoms with E-state index < -0.39 is 34.1 Å². The summed E-state index contributed by atoms with van der Waals surface area (Å²) in [5, 5.41) is 3.50. The minimum absolute atomic E-state index is 0.0127. The largest absolute Gasteiger partial charge is 0.495 e. The van der Waals surface area contributed by atoms with Gasteiger partial charge in [0.15, 0.2) is 0 Å². The predicted molar refractivity (Wildman–Crippen MR) is 183 cm³/mol. The van der Waals surface area contributed by atoms with E-state index >= 15 is 0 Å². The van der Waals surface area contributed by atoms with Crippen molar-refractivity contribution in [2.24, 2.45) is 0 Å². The summed E-state index contributed by atoms with van der Waals surface area (Å²) in [7, 11) is -2.82. The summed E-state index contributed by atoms with van der Waals surface area (Å²) in [6.07, 6.45) is 0.203. The molecule has 0 bridgehead atoms. The number of hydrogen-bond acceptors (Lipinski definition) is 5. The summed E-state index contributed by atoms with van der Waals surface area (Å²) in [4.78, 5) is 30.1. The highest BCUT2D eigenvalue weighted by Gasteiger charge is 2.36. The van der Waals surface area contributed by atoms with Crippen molar-refractivity contribution < 1.29 is 22.7 Å². The molecule has 2 amide bonds. The minimum Gasteiger partial charge on any atom is -0.495 e. The Morgan fingerprint density at radius 2 is 1.50 bits per heavy atom. The second-order valence-electron chi connectivity index (χ2n) is 12.1. The highest BCUT2D eigenvalue weighted by Crippen LogP contribution is 2.33. The van der Waals surface area contributed by atoms with Gasteiger partial charge < -0.3 is 15.0 Å². The third kappa shape index (κ3) is 8.89. The Hall–Kier alpha value is -4.34. The molecule has 46 heavy (non-hydrogen) atoms. The van der Waals surface area contributed by atoms with Crippen molar-refractivity contribution in [2.75, 3.05) is 18.0 Å². The fourth-order valence-electron chi connectivity index (χ4n) is 5.03. The van der Waals surface area contributed by atoms with Crippen LogP contribution >= 0.6 is 11.6 Å². The highest BCUT2D eigenvalue weighted by molar-refractivity contribution is 7.92. The third-order valence-corrected chi connectivity index (χ3v) is 9.26. The van der Waals surface area contributed by atoms with E-state index in [0.29, 0.717) is 10.6 Å². The lowest BCUT2D eigenvalue weighted by molar-refractivity contribution is -0.140. The summed E-state index contributed by atoms with van der Waals surface area (Å²) in [5.74, 6) is -0.665. The molecule has 8 nitrogen and oxygen atoms in total. The molecule has 0 fully saturated rings. The molecule has 1 N–H and O–H groups in total. The second-order valence-corrected chi connectivity index (χ2v) is 14.4. The number of carbonyl (C=O) groups is 2. The number of aryl methyl sites for hydroxylation is 1. The lowest BCUT2D eigenvalue weighted by atomic mass is 10.0. The maximum atomic E-state index is 14.6. The van der Waals surface area contributed by atoms with Crippen LogP contribution in [-0.2, 0) is 32.6 Å². The molecule has 4 aromatic rings. The SMILES string of the molecule is COc1ccccc1N(CC(=O)N(Cc1cccc(Cl)c1)C(Cc1ccccc1)C(=O)NC(C)(C)C)S(=O)(=O)c1ccc(C)cc1. The lowest BCUT2D eigenvalue weighted by Crippen LogP contribution is -2.56. The smallest absolute Gasteiger partial charge is 0.264 e. The fourth-order valence-corrected chi connectivity index (χ4v) is 6.66. The Labute approximate surface area is 277 Å². The molecule has 4 rings (SSSR count). The summed E-state index contributed by atoms with van der Waals surface area (Å²) in [5.41, 5.74) is 2.03. The Bertz CT molecular complexity index is 1760. The van der Waals surface area contributed by atoms with E-state index in [9.17, 15) is 18.0 Å². The van der Waals surface area contributed by atoms with Crippen LogP contribution in [-0.4, -0.2) is 50.4 Å². The number of methoxy groups -OCH3 is 1. The molecule has 242 valence electrons. The number of nitrogens with zero attached hydrogens (tertiary/aromatic N) is 2. The molecule has 0 saturated carbocycles. The number of rotatable bonds is 12. The molecule has 0 aliphatic carbocycles. The van der Waals surface area contributed by atoms with E-state index in [2.05, 4.69) is 5.32 Å². The van der Waals surface area contributed by atoms with Gasteiger partial charge in [-0.15, -0.1) is 0 Å². The van der Waals surface area contributed by atoms with Gasteiger partial charge >= 0.3 is 0 Å². The van der Waals surface area contributed by atoms with Crippen LogP contribution in [0.3, 0.4) is 0 Å². The van der Waals surface area contributed by atoms with Crippen LogP contribution in [0.1, 0.15) is 37.5 Å². The van der Waals surface area contributed by atoms with E-state index in [4.69, 9.17) is 16.3 Å². The first kappa shape index (κ1) is 34.5. The molecule has 10 heteroatoms. The monoisotopic (exact) mass is 661 g/mol. The Morgan fingerprint density at radius 3 is 2.13 bits per heavy atom. The summed E-state index contributed by atoms with van der Waals surface area (Å²) < 4.78 is 35.1. The van der Waals surface area contributed by atoms with Gasteiger partial charge in [0.2, 0.25) is 11.8 Å². The van der Waals surface area contributed by atoms with Gasteiger partial charge in [-0.2, -0.15) is 0 Å². The van der Waals surface area contributed by atoms with Gasteiger partial charge in [-0.1, -0.05) is 83.9 Å². The second kappa shape index (κ2) is 14.8. The van der Waals surface area contributed by atoms with E-state index in [1.807, 2.05) is 64.1 Å². The number of ether oxygens (including phenoxy) is 1. The number of nitrogens with one attached hydrogen (secondary N) is 1. The van der Waals surface area contributed by atoms with Gasteiger partial charge in [-0.05, 0) is 75.2 Å². The maximum Gasteiger partial charge on any atom is 0.264 e. The van der Waals surface area contributed by atoms with Crippen molar-refractivity contribution in [2.45, 2.75) is 57.1 Å². The molecule has 0 radical (unpaired) electrons. The van der Waals surface area contributed by atoms with Crippen LogP contribution in [0.4, 0.5) is 5.69 Å². The first-order valence-electron chi connectivity index (χ1n) is 14.9. The quantitative estimate of drug-likeness (QED) is 0.189. The number of carbonyl (C=O) groups excluding carboxylic acids is 2. The van der Waals surface area contributed by atoms with Crippen LogP contribution < -0.4 is 14.4 Å². The van der Waals surface area contributed by atoms with Crippen molar-refractivity contribution in [3.8, 4) is 5.75 Å². The van der Waals surface area contributed by atoms with Crippen molar-refractivity contribution in [1.82, 2.24) is 10.2 Å². The lowest BCUT2D eigenvalue weighted by Gasteiger charge is -2.35. The normalized spacial score (nSPS) is 12.2. The van der Waals surface area contributed by atoms with Gasteiger partial charge in [-0.25, -0.2) is 8.42 Å². The number of anilines is 1. The van der Waals surface area contributed by atoms with E-state index in [-0.39, 0.29) is 35.2 Å². The Kier molecular flexibility index (Phi) is 11.1. The van der Waals surface area contributed by atoms with Crippen LogP contribution in [0, 0.1) is 6.92 Å². The molecule has 0 saturated heterocycles. The molecule has 0 aliphatic rings. The zero-order valence-electron chi connectivity index (χ0n) is 26.7. The number of amides is 2. The molecule has 0 aromatic heterocycles. The predicted octanol–water partition coefficient (Wildman–Crippen LogP) is 6.41. The van der Waals surface area contributed by atoms with Crippen molar-refractivity contribution in [1.29, 1.82) is 0 Å².